The van der Waals surface area contributed by atoms with Crippen molar-refractivity contribution >= 4 is 6.03 Å². The Morgan fingerprint density at radius 2 is 2.11 bits per heavy atom. The fourth-order valence-corrected chi connectivity index (χ4v) is 2.79. The predicted molar refractivity (Wildman–Crippen MR) is 101 cm³/mol. The molecule has 144 valence electrons. The lowest BCUT2D eigenvalue weighted by atomic mass is 10.3. The van der Waals surface area contributed by atoms with Gasteiger partial charge in [0.2, 0.25) is 5.88 Å². The van der Waals surface area contributed by atoms with E-state index >= 15 is 0 Å². The summed E-state index contributed by atoms with van der Waals surface area (Å²) in [5.74, 6) is 1.77. The summed E-state index contributed by atoms with van der Waals surface area (Å²) in [4.78, 5) is 18.3. The van der Waals surface area contributed by atoms with Crippen molar-refractivity contribution in [3.05, 3.63) is 48.2 Å². The van der Waals surface area contributed by atoms with E-state index in [1.807, 2.05) is 44.2 Å². The molecular weight excluding hydrogens is 346 g/mol. The van der Waals surface area contributed by atoms with Gasteiger partial charge in [-0.1, -0.05) is 18.2 Å². The van der Waals surface area contributed by atoms with Gasteiger partial charge in [0.1, 0.15) is 0 Å². The van der Waals surface area contributed by atoms with Gasteiger partial charge in [-0.25, -0.2) is 9.78 Å². The number of ether oxygens (including phenoxy) is 3. The van der Waals surface area contributed by atoms with Crippen LogP contribution in [0, 0.1) is 0 Å². The zero-order valence-corrected chi connectivity index (χ0v) is 15.7. The Bertz CT molecular complexity index is 751. The number of benzene rings is 1. The van der Waals surface area contributed by atoms with Gasteiger partial charge in [-0.3, -0.25) is 0 Å². The number of hydrogen-bond acceptors (Lipinski definition) is 5. The number of pyridine rings is 1. The second-order valence-electron chi connectivity index (χ2n) is 6.27. The van der Waals surface area contributed by atoms with Gasteiger partial charge in [-0.2, -0.15) is 0 Å². The van der Waals surface area contributed by atoms with Gasteiger partial charge in [0.25, 0.3) is 0 Å². The van der Waals surface area contributed by atoms with E-state index in [4.69, 9.17) is 14.2 Å². The number of carbonyl (C=O) groups is 1. The van der Waals surface area contributed by atoms with Crippen LogP contribution in [0.5, 0.6) is 17.4 Å². The number of para-hydroxylation sites is 2. The number of rotatable bonds is 6. The van der Waals surface area contributed by atoms with Crippen LogP contribution in [0.3, 0.4) is 0 Å². The molecule has 2 amide bonds. The minimum absolute atomic E-state index is 0.0714. The topological polar surface area (TPSA) is 72.9 Å². The third-order valence-electron chi connectivity index (χ3n) is 4.13. The summed E-state index contributed by atoms with van der Waals surface area (Å²) >= 11 is 0. The number of aromatic nitrogens is 1. The third-order valence-corrected chi connectivity index (χ3v) is 4.13. The van der Waals surface area contributed by atoms with E-state index in [1.54, 1.807) is 17.2 Å². The Balaban J connectivity index is 1.54. The van der Waals surface area contributed by atoms with Crippen molar-refractivity contribution in [2.75, 3.05) is 26.3 Å². The molecule has 3 rings (SSSR count). The first-order valence-corrected chi connectivity index (χ1v) is 9.14. The zero-order valence-electron chi connectivity index (χ0n) is 15.7. The van der Waals surface area contributed by atoms with Crippen molar-refractivity contribution in [2.24, 2.45) is 0 Å². The predicted octanol–water partition coefficient (Wildman–Crippen LogP) is 3.20. The summed E-state index contributed by atoms with van der Waals surface area (Å²) in [7, 11) is 0. The summed E-state index contributed by atoms with van der Waals surface area (Å²) in [6.45, 7) is 6.66. The number of hydrogen-bond donors (Lipinski definition) is 1. The standard InChI is InChI=1S/C20H25N3O4/c1-3-25-17-6-4-5-7-18(17)27-19-9-8-16(12-21-19)13-22-20(24)23-10-11-26-15(2)14-23/h4-9,12,15H,3,10-11,13-14H2,1-2H3,(H,22,24). The molecule has 0 saturated carbocycles. The molecule has 1 aromatic heterocycles. The lowest BCUT2D eigenvalue weighted by Crippen LogP contribution is -2.48. The van der Waals surface area contributed by atoms with Crippen LogP contribution in [-0.2, 0) is 11.3 Å². The average molecular weight is 371 g/mol. The van der Waals surface area contributed by atoms with Gasteiger partial charge in [-0.05, 0) is 31.5 Å². The maximum atomic E-state index is 12.2. The van der Waals surface area contributed by atoms with Gasteiger partial charge >= 0.3 is 6.03 Å². The summed E-state index contributed by atoms with van der Waals surface area (Å²) in [5, 5.41) is 2.91. The van der Waals surface area contributed by atoms with E-state index in [0.717, 1.165) is 5.56 Å². The second-order valence-corrected chi connectivity index (χ2v) is 6.27. The first-order valence-electron chi connectivity index (χ1n) is 9.14. The monoisotopic (exact) mass is 371 g/mol. The molecule has 1 aliphatic heterocycles. The molecule has 1 aliphatic rings. The molecule has 2 aromatic rings. The Morgan fingerprint density at radius 1 is 1.30 bits per heavy atom. The highest BCUT2D eigenvalue weighted by Gasteiger charge is 2.20. The van der Waals surface area contributed by atoms with Crippen LogP contribution < -0.4 is 14.8 Å². The first-order chi connectivity index (χ1) is 13.2. The number of nitrogens with one attached hydrogen (secondary N) is 1. The fourth-order valence-electron chi connectivity index (χ4n) is 2.79. The van der Waals surface area contributed by atoms with E-state index < -0.39 is 0 Å². The highest BCUT2D eigenvalue weighted by Crippen LogP contribution is 2.30. The molecule has 7 nitrogen and oxygen atoms in total. The molecule has 7 heteroatoms. The van der Waals surface area contributed by atoms with Crippen LogP contribution in [0.25, 0.3) is 0 Å². The van der Waals surface area contributed by atoms with Gasteiger partial charge in [0, 0.05) is 31.9 Å². The van der Waals surface area contributed by atoms with Crippen molar-refractivity contribution in [3.8, 4) is 17.4 Å². The van der Waals surface area contributed by atoms with Crippen molar-refractivity contribution in [1.29, 1.82) is 0 Å². The van der Waals surface area contributed by atoms with E-state index in [9.17, 15) is 4.79 Å². The molecule has 1 unspecified atom stereocenters. The van der Waals surface area contributed by atoms with E-state index in [-0.39, 0.29) is 12.1 Å². The van der Waals surface area contributed by atoms with Crippen molar-refractivity contribution in [3.63, 3.8) is 0 Å². The zero-order chi connectivity index (χ0) is 19.1. The second kappa shape index (κ2) is 9.23. The smallest absolute Gasteiger partial charge is 0.317 e. The molecular formula is C20H25N3O4. The molecule has 0 bridgehead atoms. The molecule has 0 aliphatic carbocycles. The summed E-state index contributed by atoms with van der Waals surface area (Å²) < 4.78 is 16.8. The van der Waals surface area contributed by atoms with E-state index in [1.165, 1.54) is 0 Å². The normalized spacial score (nSPS) is 16.7. The highest BCUT2D eigenvalue weighted by molar-refractivity contribution is 5.74. The van der Waals surface area contributed by atoms with Crippen LogP contribution in [0.1, 0.15) is 19.4 Å². The molecule has 1 aromatic carbocycles. The molecule has 27 heavy (non-hydrogen) atoms. The van der Waals surface area contributed by atoms with Crippen molar-refractivity contribution in [2.45, 2.75) is 26.5 Å². The fraction of sp³-hybridized carbons (Fsp3) is 0.400. The van der Waals surface area contributed by atoms with Gasteiger partial charge in [0.05, 0.1) is 19.3 Å². The molecule has 0 spiro atoms. The third kappa shape index (κ3) is 5.34. The number of carbonyl (C=O) groups excluding carboxylic acids is 1. The molecule has 1 N–H and O–H groups in total. The molecule has 2 heterocycles. The minimum atomic E-state index is -0.0869. The molecule has 1 fully saturated rings. The summed E-state index contributed by atoms with van der Waals surface area (Å²) in [5.41, 5.74) is 0.898. The van der Waals surface area contributed by atoms with E-state index in [0.29, 0.717) is 50.2 Å². The Labute approximate surface area is 159 Å². The minimum Gasteiger partial charge on any atom is -0.490 e. The largest absolute Gasteiger partial charge is 0.490 e. The van der Waals surface area contributed by atoms with Crippen molar-refractivity contribution in [1.82, 2.24) is 15.2 Å². The lowest BCUT2D eigenvalue weighted by Gasteiger charge is -2.31. The Hall–Kier alpha value is -2.80. The van der Waals surface area contributed by atoms with E-state index in [2.05, 4.69) is 10.3 Å². The van der Waals surface area contributed by atoms with Gasteiger partial charge in [-0.15, -0.1) is 0 Å². The van der Waals surface area contributed by atoms with Crippen molar-refractivity contribution < 1.29 is 19.0 Å². The lowest BCUT2D eigenvalue weighted by molar-refractivity contribution is -0.00351. The number of urea groups is 1. The number of nitrogens with zero attached hydrogens (tertiary/aromatic N) is 2. The highest BCUT2D eigenvalue weighted by atomic mass is 16.5. The SMILES string of the molecule is CCOc1ccccc1Oc1ccc(CNC(=O)N2CCOC(C)C2)cn1. The maximum absolute atomic E-state index is 12.2. The first kappa shape index (κ1) is 19.0. The van der Waals surface area contributed by atoms with Crippen LogP contribution in [0.15, 0.2) is 42.6 Å². The summed E-state index contributed by atoms with van der Waals surface area (Å²) in [6.07, 6.45) is 1.77. The Kier molecular flexibility index (Phi) is 6.49. The number of amides is 2. The Morgan fingerprint density at radius 3 is 2.81 bits per heavy atom. The quantitative estimate of drug-likeness (QED) is 0.844. The van der Waals surface area contributed by atoms with Crippen LogP contribution in [0.2, 0.25) is 0 Å². The van der Waals surface area contributed by atoms with Gasteiger partial charge < -0.3 is 24.4 Å². The van der Waals surface area contributed by atoms with Crippen LogP contribution >= 0.6 is 0 Å². The average Bonchev–Trinajstić information content (AvgIpc) is 2.69. The molecule has 1 atom stereocenters. The van der Waals surface area contributed by atoms with Gasteiger partial charge in [0.15, 0.2) is 11.5 Å². The van der Waals surface area contributed by atoms with Crippen LogP contribution in [0.4, 0.5) is 4.79 Å². The molecule has 1 saturated heterocycles. The molecule has 0 radical (unpaired) electrons. The van der Waals surface area contributed by atoms with Crippen LogP contribution in [-0.4, -0.2) is 48.3 Å². The maximum Gasteiger partial charge on any atom is 0.317 e. The number of morpholine rings is 1. The summed E-state index contributed by atoms with van der Waals surface area (Å²) in [6, 6.07) is 11.0.